The molecule has 3 N–H and O–H groups in total. The lowest BCUT2D eigenvalue weighted by molar-refractivity contribution is 0.00700. The molecule has 1 aromatic carbocycles. The van der Waals surface area contributed by atoms with E-state index in [1.807, 2.05) is 45.9 Å². The second-order valence-electron chi connectivity index (χ2n) is 7.98. The Morgan fingerprint density at radius 3 is 2.63 bits per heavy atom. The molecule has 30 heavy (non-hydrogen) atoms. The molecule has 1 amide bonds. The van der Waals surface area contributed by atoms with E-state index in [0.29, 0.717) is 37.1 Å². The van der Waals surface area contributed by atoms with Gasteiger partial charge in [-0.3, -0.25) is 0 Å². The highest BCUT2D eigenvalue weighted by molar-refractivity contribution is 5.80. The van der Waals surface area contributed by atoms with Crippen molar-refractivity contribution in [2.75, 3.05) is 40.0 Å². The third-order valence-electron chi connectivity index (χ3n) is 4.21. The van der Waals surface area contributed by atoms with Gasteiger partial charge in [0, 0.05) is 19.6 Å². The van der Waals surface area contributed by atoms with Crippen molar-refractivity contribution in [1.82, 2.24) is 15.5 Å². The molecule has 0 saturated carbocycles. The molecule has 168 valence electrons. The molecule has 1 aliphatic heterocycles. The van der Waals surface area contributed by atoms with E-state index >= 15 is 0 Å². The van der Waals surface area contributed by atoms with E-state index in [-0.39, 0.29) is 25.3 Å². The van der Waals surface area contributed by atoms with Crippen LogP contribution in [0.5, 0.6) is 11.5 Å². The predicted molar refractivity (Wildman–Crippen MR) is 115 cm³/mol. The molecule has 1 saturated heterocycles. The van der Waals surface area contributed by atoms with E-state index in [4.69, 9.17) is 19.3 Å². The van der Waals surface area contributed by atoms with Gasteiger partial charge in [0.1, 0.15) is 12.2 Å². The van der Waals surface area contributed by atoms with Crippen LogP contribution in [0.3, 0.4) is 0 Å². The number of benzene rings is 1. The minimum Gasteiger partial charge on any atom is -0.493 e. The Kier molecular flexibility index (Phi) is 8.58. The van der Waals surface area contributed by atoms with Crippen molar-refractivity contribution in [2.45, 2.75) is 45.9 Å². The van der Waals surface area contributed by atoms with Crippen LogP contribution in [-0.4, -0.2) is 73.7 Å². The van der Waals surface area contributed by atoms with E-state index in [2.05, 4.69) is 15.6 Å². The minimum atomic E-state index is -0.494. The Labute approximate surface area is 178 Å². The van der Waals surface area contributed by atoms with Crippen LogP contribution in [0.25, 0.3) is 0 Å². The summed E-state index contributed by atoms with van der Waals surface area (Å²) in [6.45, 7) is 10.1. The van der Waals surface area contributed by atoms with Crippen molar-refractivity contribution in [1.29, 1.82) is 0 Å². The molecule has 1 fully saturated rings. The number of carbonyl (C=O) groups excluding carboxylic acids is 1. The summed E-state index contributed by atoms with van der Waals surface area (Å²) < 4.78 is 16.2. The first-order valence-corrected chi connectivity index (χ1v) is 10.2. The number of guanidine groups is 1. The largest absolute Gasteiger partial charge is 0.493 e. The summed E-state index contributed by atoms with van der Waals surface area (Å²) in [5.41, 5.74) is 0.468. The Hall–Kier alpha value is -2.68. The van der Waals surface area contributed by atoms with Crippen LogP contribution in [0.1, 0.15) is 33.3 Å². The van der Waals surface area contributed by atoms with Crippen molar-refractivity contribution >= 4 is 12.1 Å². The molecular formula is C21H34N4O5. The fraction of sp³-hybridized carbons (Fsp3) is 0.619. The topological polar surface area (TPSA) is 105 Å². The Balaban J connectivity index is 1.91. The van der Waals surface area contributed by atoms with Gasteiger partial charge in [-0.2, -0.15) is 0 Å². The van der Waals surface area contributed by atoms with Crippen LogP contribution >= 0.6 is 0 Å². The number of methoxy groups -OCH3 is 1. The van der Waals surface area contributed by atoms with Gasteiger partial charge in [-0.25, -0.2) is 9.79 Å². The van der Waals surface area contributed by atoms with Crippen LogP contribution in [0, 0.1) is 0 Å². The van der Waals surface area contributed by atoms with Gasteiger partial charge in [0.25, 0.3) is 0 Å². The van der Waals surface area contributed by atoms with Gasteiger partial charge in [0.15, 0.2) is 17.5 Å². The van der Waals surface area contributed by atoms with Gasteiger partial charge in [-0.1, -0.05) is 6.07 Å². The van der Waals surface area contributed by atoms with Crippen LogP contribution in [0.15, 0.2) is 23.2 Å². The number of nitrogens with zero attached hydrogens (tertiary/aromatic N) is 2. The third-order valence-corrected chi connectivity index (χ3v) is 4.21. The Morgan fingerprint density at radius 2 is 2.03 bits per heavy atom. The second-order valence-corrected chi connectivity index (χ2v) is 7.98. The highest BCUT2D eigenvalue weighted by Crippen LogP contribution is 2.28. The average molecular weight is 423 g/mol. The highest BCUT2D eigenvalue weighted by Gasteiger charge is 2.34. The van der Waals surface area contributed by atoms with Gasteiger partial charge < -0.3 is 34.9 Å². The van der Waals surface area contributed by atoms with Crippen molar-refractivity contribution in [2.24, 2.45) is 4.99 Å². The minimum absolute atomic E-state index is 0.0561. The first-order valence-electron chi connectivity index (χ1n) is 10.2. The number of carbonyl (C=O) groups is 1. The van der Waals surface area contributed by atoms with E-state index < -0.39 is 5.60 Å². The lowest BCUT2D eigenvalue weighted by Gasteiger charge is -2.40. The molecule has 9 nitrogen and oxygen atoms in total. The van der Waals surface area contributed by atoms with E-state index in [1.54, 1.807) is 12.0 Å². The number of hydrogen-bond acceptors (Lipinski definition) is 6. The summed E-state index contributed by atoms with van der Waals surface area (Å²) >= 11 is 0. The summed E-state index contributed by atoms with van der Waals surface area (Å²) in [7, 11) is 1.58. The fourth-order valence-corrected chi connectivity index (χ4v) is 2.81. The standard InChI is InChI=1S/C21H34N4O5/c1-6-22-19(24-16-13-25(14-16)20(27)30-21(2,3)4)23-12-15-7-8-17(29-10-9-26)18(11-15)28-5/h7-8,11,16,26H,6,9-10,12-14H2,1-5H3,(H2,22,23,24). The molecule has 0 atom stereocenters. The molecule has 0 unspecified atom stereocenters. The molecule has 0 bridgehead atoms. The number of ether oxygens (including phenoxy) is 3. The first kappa shape index (κ1) is 23.6. The summed E-state index contributed by atoms with van der Waals surface area (Å²) in [5.74, 6) is 1.87. The average Bonchev–Trinajstić information content (AvgIpc) is 2.65. The maximum Gasteiger partial charge on any atom is 0.410 e. The number of likely N-dealkylation sites (tertiary alicyclic amines) is 1. The number of nitrogens with one attached hydrogen (secondary N) is 2. The summed E-state index contributed by atoms with van der Waals surface area (Å²) in [6, 6.07) is 5.72. The number of rotatable bonds is 8. The summed E-state index contributed by atoms with van der Waals surface area (Å²) in [5, 5.41) is 15.5. The second kappa shape index (κ2) is 10.9. The highest BCUT2D eigenvalue weighted by atomic mass is 16.6. The van der Waals surface area contributed by atoms with Crippen molar-refractivity contribution < 1.29 is 24.1 Å². The quantitative estimate of drug-likeness (QED) is 0.433. The van der Waals surface area contributed by atoms with Crippen LogP contribution < -0.4 is 20.1 Å². The smallest absolute Gasteiger partial charge is 0.410 e. The molecule has 9 heteroatoms. The SMILES string of the molecule is CCNC(=NCc1ccc(OCCO)c(OC)c1)NC1CN(C(=O)OC(C)(C)C)C1. The summed E-state index contributed by atoms with van der Waals surface area (Å²) in [4.78, 5) is 18.4. The zero-order chi connectivity index (χ0) is 22.1. The summed E-state index contributed by atoms with van der Waals surface area (Å²) in [6.07, 6.45) is -0.293. The fourth-order valence-electron chi connectivity index (χ4n) is 2.81. The molecule has 2 rings (SSSR count). The van der Waals surface area contributed by atoms with Gasteiger partial charge in [-0.15, -0.1) is 0 Å². The normalized spacial score (nSPS) is 14.7. The van der Waals surface area contributed by atoms with Gasteiger partial charge in [-0.05, 0) is 45.4 Å². The number of amides is 1. The van der Waals surface area contributed by atoms with Crippen LogP contribution in [0.4, 0.5) is 4.79 Å². The van der Waals surface area contributed by atoms with E-state index in [1.165, 1.54) is 0 Å². The van der Waals surface area contributed by atoms with Crippen molar-refractivity contribution in [3.05, 3.63) is 23.8 Å². The van der Waals surface area contributed by atoms with Crippen molar-refractivity contribution in [3.63, 3.8) is 0 Å². The maximum atomic E-state index is 12.1. The lowest BCUT2D eigenvalue weighted by Crippen LogP contribution is -2.63. The van der Waals surface area contributed by atoms with Gasteiger partial charge in [0.05, 0.1) is 26.3 Å². The van der Waals surface area contributed by atoms with E-state index in [0.717, 1.165) is 12.1 Å². The molecule has 0 aliphatic carbocycles. The number of hydrogen-bond donors (Lipinski definition) is 3. The van der Waals surface area contributed by atoms with Gasteiger partial charge in [0.2, 0.25) is 0 Å². The van der Waals surface area contributed by atoms with Crippen LogP contribution in [0.2, 0.25) is 0 Å². The molecule has 0 radical (unpaired) electrons. The lowest BCUT2D eigenvalue weighted by atomic mass is 10.1. The zero-order valence-electron chi connectivity index (χ0n) is 18.5. The van der Waals surface area contributed by atoms with Crippen LogP contribution in [-0.2, 0) is 11.3 Å². The molecule has 1 heterocycles. The Bertz CT molecular complexity index is 727. The number of aliphatic hydroxyl groups is 1. The number of aliphatic imine (C=N–C) groups is 1. The van der Waals surface area contributed by atoms with Gasteiger partial charge >= 0.3 is 6.09 Å². The maximum absolute atomic E-state index is 12.1. The number of aliphatic hydroxyl groups excluding tert-OH is 1. The molecule has 0 spiro atoms. The van der Waals surface area contributed by atoms with E-state index in [9.17, 15) is 4.79 Å². The van der Waals surface area contributed by atoms with Crippen molar-refractivity contribution in [3.8, 4) is 11.5 Å². The monoisotopic (exact) mass is 422 g/mol. The first-order chi connectivity index (χ1) is 14.3. The molecule has 0 aromatic heterocycles. The predicted octanol–water partition coefficient (Wildman–Crippen LogP) is 1.74. The molecular weight excluding hydrogens is 388 g/mol. The third kappa shape index (κ3) is 7.29. The Morgan fingerprint density at radius 1 is 1.30 bits per heavy atom. The molecule has 1 aromatic rings. The molecule has 1 aliphatic rings. The zero-order valence-corrected chi connectivity index (χ0v) is 18.5.